The van der Waals surface area contributed by atoms with Crippen LogP contribution in [-0.4, -0.2) is 53.0 Å². The summed E-state index contributed by atoms with van der Waals surface area (Å²) in [4.78, 5) is 33.5. The Bertz CT molecular complexity index is 679. The van der Waals surface area contributed by atoms with Gasteiger partial charge >= 0.3 is 11.9 Å². The van der Waals surface area contributed by atoms with Gasteiger partial charge in [-0.2, -0.15) is 0 Å². The van der Waals surface area contributed by atoms with Gasteiger partial charge in [-0.25, -0.2) is 9.59 Å². The van der Waals surface area contributed by atoms with Gasteiger partial charge in [-0.05, 0) is 25.5 Å². The SMILES string of the molecule is Cc1ccc2c(c1)[C@H]1CN(C)C[C@H]1CC2=O.O=C(O)/C=C/C(=O)O. The second-order valence-corrected chi connectivity index (χ2v) is 6.32. The van der Waals surface area contributed by atoms with Gasteiger partial charge in [0, 0.05) is 43.1 Å². The zero-order chi connectivity index (χ0) is 17.9. The van der Waals surface area contributed by atoms with Gasteiger partial charge in [-0.1, -0.05) is 23.8 Å². The topological polar surface area (TPSA) is 94.9 Å². The highest BCUT2D eigenvalue weighted by atomic mass is 16.4. The first kappa shape index (κ1) is 17.9. The maximum absolute atomic E-state index is 12.0. The van der Waals surface area contributed by atoms with Crippen molar-refractivity contribution < 1.29 is 24.6 Å². The van der Waals surface area contributed by atoms with E-state index in [0.29, 0.717) is 29.8 Å². The van der Waals surface area contributed by atoms with Crippen molar-refractivity contribution in [2.45, 2.75) is 19.3 Å². The molecule has 24 heavy (non-hydrogen) atoms. The molecule has 6 nitrogen and oxygen atoms in total. The Kier molecular flexibility index (Phi) is 5.51. The van der Waals surface area contributed by atoms with Crippen LogP contribution < -0.4 is 0 Å². The number of aryl methyl sites for hydroxylation is 1. The number of likely N-dealkylation sites (N-methyl/N-ethyl adjacent to an activating group) is 1. The van der Waals surface area contributed by atoms with E-state index in [1.165, 1.54) is 11.1 Å². The number of fused-ring (bicyclic) bond motifs is 3. The number of ketones is 1. The third kappa shape index (κ3) is 4.29. The van der Waals surface area contributed by atoms with Crippen LogP contribution in [0.5, 0.6) is 0 Å². The van der Waals surface area contributed by atoms with Crippen molar-refractivity contribution in [1.82, 2.24) is 4.90 Å². The number of carbonyl (C=O) groups is 3. The summed E-state index contributed by atoms with van der Waals surface area (Å²) < 4.78 is 0. The lowest BCUT2D eigenvalue weighted by molar-refractivity contribution is -0.134. The Morgan fingerprint density at radius 2 is 1.79 bits per heavy atom. The Hall–Kier alpha value is -2.47. The van der Waals surface area contributed by atoms with E-state index in [4.69, 9.17) is 10.2 Å². The lowest BCUT2D eigenvalue weighted by Gasteiger charge is -2.26. The molecular weight excluding hydrogens is 310 g/mol. The van der Waals surface area contributed by atoms with Crippen LogP contribution in [0, 0.1) is 12.8 Å². The number of rotatable bonds is 2. The molecule has 1 heterocycles. The van der Waals surface area contributed by atoms with Gasteiger partial charge in [-0.15, -0.1) is 0 Å². The molecule has 0 bridgehead atoms. The van der Waals surface area contributed by atoms with Crippen molar-refractivity contribution in [3.63, 3.8) is 0 Å². The minimum atomic E-state index is -1.26. The van der Waals surface area contributed by atoms with Gasteiger partial charge in [0.1, 0.15) is 0 Å². The van der Waals surface area contributed by atoms with Gasteiger partial charge in [0.2, 0.25) is 0 Å². The molecule has 128 valence electrons. The molecule has 1 saturated heterocycles. The zero-order valence-electron chi connectivity index (χ0n) is 13.7. The standard InChI is InChI=1S/C14H17NO.C4H4O4/c1-9-3-4-11-12(5-9)13-8-15(2)7-10(13)6-14(11)16;5-3(6)1-2-4(7)8/h3-5,10,13H,6-8H2,1-2H3;1-2H,(H,5,6)(H,7,8)/b;2-1+/t10-,13+;/m1./s1. The number of benzene rings is 1. The van der Waals surface area contributed by atoms with Crippen LogP contribution in [-0.2, 0) is 9.59 Å². The molecule has 1 aliphatic carbocycles. The predicted molar refractivity (Wildman–Crippen MR) is 88.3 cm³/mol. The smallest absolute Gasteiger partial charge is 0.328 e. The number of carboxylic acids is 2. The fraction of sp³-hybridized carbons (Fsp3) is 0.389. The van der Waals surface area contributed by atoms with E-state index in [2.05, 4.69) is 31.0 Å². The molecule has 2 N–H and O–H groups in total. The van der Waals surface area contributed by atoms with Crippen molar-refractivity contribution >= 4 is 17.7 Å². The predicted octanol–water partition coefficient (Wildman–Crippen LogP) is 1.94. The molecule has 1 aliphatic heterocycles. The summed E-state index contributed by atoms with van der Waals surface area (Å²) in [5.74, 6) is -1.05. The summed E-state index contributed by atoms with van der Waals surface area (Å²) in [5.41, 5.74) is 3.54. The first-order chi connectivity index (χ1) is 11.3. The number of hydrogen-bond acceptors (Lipinski definition) is 4. The highest BCUT2D eigenvalue weighted by Crippen LogP contribution is 2.41. The molecule has 0 unspecified atom stereocenters. The van der Waals surface area contributed by atoms with E-state index in [1.54, 1.807) is 0 Å². The Morgan fingerprint density at radius 3 is 2.38 bits per heavy atom. The number of likely N-dealkylation sites (tertiary alicyclic amines) is 1. The molecular formula is C18H21NO5. The van der Waals surface area contributed by atoms with Crippen LogP contribution in [0.1, 0.15) is 33.8 Å². The highest BCUT2D eigenvalue weighted by Gasteiger charge is 2.39. The van der Waals surface area contributed by atoms with Gasteiger partial charge in [-0.3, -0.25) is 4.79 Å². The van der Waals surface area contributed by atoms with Crippen molar-refractivity contribution in [1.29, 1.82) is 0 Å². The summed E-state index contributed by atoms with van der Waals surface area (Å²) in [6, 6.07) is 6.28. The minimum Gasteiger partial charge on any atom is -0.478 e. The second-order valence-electron chi connectivity index (χ2n) is 6.32. The summed E-state index contributed by atoms with van der Waals surface area (Å²) >= 11 is 0. The average molecular weight is 331 g/mol. The molecule has 1 fully saturated rings. The number of nitrogens with zero attached hydrogens (tertiary/aromatic N) is 1. The maximum Gasteiger partial charge on any atom is 0.328 e. The third-order valence-corrected chi connectivity index (χ3v) is 4.35. The van der Waals surface area contributed by atoms with Crippen molar-refractivity contribution in [3.8, 4) is 0 Å². The molecule has 2 aliphatic rings. The third-order valence-electron chi connectivity index (χ3n) is 4.35. The van der Waals surface area contributed by atoms with Gasteiger partial charge in [0.05, 0.1) is 0 Å². The number of Topliss-reactive ketones (excluding diaryl/α,β-unsaturated/α-hetero) is 1. The van der Waals surface area contributed by atoms with Crippen LogP contribution in [0.4, 0.5) is 0 Å². The van der Waals surface area contributed by atoms with Crippen LogP contribution in [0.15, 0.2) is 30.4 Å². The van der Waals surface area contributed by atoms with E-state index in [-0.39, 0.29) is 0 Å². The number of carboxylic acid groups (broad SMARTS) is 2. The monoisotopic (exact) mass is 331 g/mol. The maximum atomic E-state index is 12.0. The molecule has 1 aromatic carbocycles. The lowest BCUT2D eigenvalue weighted by Crippen LogP contribution is -2.24. The Labute approximate surface area is 140 Å². The Morgan fingerprint density at radius 1 is 1.17 bits per heavy atom. The number of hydrogen-bond donors (Lipinski definition) is 2. The molecule has 6 heteroatoms. The molecule has 1 aromatic rings. The summed E-state index contributed by atoms with van der Waals surface area (Å²) in [5, 5.41) is 15.6. The van der Waals surface area contributed by atoms with Crippen molar-refractivity contribution in [2.75, 3.05) is 20.1 Å². The second kappa shape index (κ2) is 7.40. The molecule has 0 saturated carbocycles. The summed E-state index contributed by atoms with van der Waals surface area (Å²) in [6.07, 6.45) is 1.86. The summed E-state index contributed by atoms with van der Waals surface area (Å²) in [6.45, 7) is 4.28. The highest BCUT2D eigenvalue weighted by molar-refractivity contribution is 5.99. The normalized spacial score (nSPS) is 22.5. The van der Waals surface area contributed by atoms with E-state index in [9.17, 15) is 14.4 Å². The Balaban J connectivity index is 0.000000224. The molecule has 0 spiro atoms. The van der Waals surface area contributed by atoms with Crippen molar-refractivity contribution in [2.24, 2.45) is 5.92 Å². The van der Waals surface area contributed by atoms with E-state index in [1.807, 2.05) is 6.07 Å². The zero-order valence-corrected chi connectivity index (χ0v) is 13.7. The van der Waals surface area contributed by atoms with Gasteiger partial charge < -0.3 is 15.1 Å². The van der Waals surface area contributed by atoms with E-state index < -0.39 is 11.9 Å². The first-order valence-electron chi connectivity index (χ1n) is 7.74. The minimum absolute atomic E-state index is 0.339. The van der Waals surface area contributed by atoms with Gasteiger partial charge in [0.25, 0.3) is 0 Å². The summed E-state index contributed by atoms with van der Waals surface area (Å²) in [7, 11) is 2.15. The van der Waals surface area contributed by atoms with Crippen LogP contribution in [0.25, 0.3) is 0 Å². The van der Waals surface area contributed by atoms with Crippen LogP contribution >= 0.6 is 0 Å². The van der Waals surface area contributed by atoms with Crippen LogP contribution in [0.2, 0.25) is 0 Å². The first-order valence-corrected chi connectivity index (χ1v) is 7.74. The largest absolute Gasteiger partial charge is 0.478 e. The van der Waals surface area contributed by atoms with Crippen LogP contribution in [0.3, 0.4) is 0 Å². The average Bonchev–Trinajstić information content (AvgIpc) is 2.86. The fourth-order valence-corrected chi connectivity index (χ4v) is 3.38. The number of carbonyl (C=O) groups excluding carboxylic acids is 1. The molecule has 3 rings (SSSR count). The van der Waals surface area contributed by atoms with Gasteiger partial charge in [0.15, 0.2) is 5.78 Å². The van der Waals surface area contributed by atoms with E-state index >= 15 is 0 Å². The van der Waals surface area contributed by atoms with E-state index in [0.717, 1.165) is 25.1 Å². The fourth-order valence-electron chi connectivity index (χ4n) is 3.38. The molecule has 0 radical (unpaired) electrons. The molecule has 0 aromatic heterocycles. The number of aliphatic carboxylic acids is 2. The van der Waals surface area contributed by atoms with Crippen molar-refractivity contribution in [3.05, 3.63) is 47.0 Å². The lowest BCUT2D eigenvalue weighted by atomic mass is 9.76. The molecule has 2 atom stereocenters. The quantitative estimate of drug-likeness (QED) is 0.804. The molecule has 0 amide bonds.